The molecule has 1 fully saturated rings. The Hall–Kier alpha value is -2.02. The van der Waals surface area contributed by atoms with Crippen LogP contribution in [0.2, 0.25) is 0 Å². The predicted molar refractivity (Wildman–Crippen MR) is 72.1 cm³/mol. The van der Waals surface area contributed by atoms with Gasteiger partial charge in [-0.15, -0.1) is 0 Å². The topological polar surface area (TPSA) is 86.8 Å². The van der Waals surface area contributed by atoms with Crippen molar-refractivity contribution >= 4 is 17.6 Å². The van der Waals surface area contributed by atoms with E-state index >= 15 is 0 Å². The molecule has 1 aliphatic heterocycles. The quantitative estimate of drug-likeness (QED) is 0.789. The third kappa shape index (κ3) is 3.11. The number of carbonyl (C=O) groups is 2. The zero-order valence-corrected chi connectivity index (χ0v) is 11.7. The lowest BCUT2D eigenvalue weighted by molar-refractivity contribution is -0.145. The van der Waals surface area contributed by atoms with Crippen LogP contribution >= 0.6 is 0 Å². The Labute approximate surface area is 117 Å². The van der Waals surface area contributed by atoms with Crippen molar-refractivity contribution in [2.45, 2.75) is 12.5 Å². The van der Waals surface area contributed by atoms with E-state index in [4.69, 9.17) is 10.5 Å². The zero-order valence-electron chi connectivity index (χ0n) is 11.7. The molecule has 110 valence electrons. The molecular formula is C13H19N3O4. The molecular weight excluding hydrogens is 262 g/mol. The fourth-order valence-electron chi connectivity index (χ4n) is 2.26. The van der Waals surface area contributed by atoms with Crippen molar-refractivity contribution in [2.75, 3.05) is 32.5 Å². The largest absolute Gasteiger partial charge is 0.469 e. The first-order valence-electron chi connectivity index (χ1n) is 6.40. The van der Waals surface area contributed by atoms with Gasteiger partial charge in [0.1, 0.15) is 5.69 Å². The van der Waals surface area contributed by atoms with Crippen LogP contribution in [0.4, 0.5) is 5.69 Å². The number of rotatable bonds is 3. The average Bonchev–Trinajstić information content (AvgIpc) is 2.77. The molecule has 2 rings (SSSR count). The number of nitrogens with two attached hydrogens (primary N) is 1. The van der Waals surface area contributed by atoms with E-state index in [0.717, 1.165) is 0 Å². The van der Waals surface area contributed by atoms with Crippen LogP contribution in [0.1, 0.15) is 16.9 Å². The zero-order chi connectivity index (χ0) is 14.7. The number of methoxy groups -OCH3 is 1. The Kier molecular flexibility index (Phi) is 4.29. The maximum atomic E-state index is 12.4. The number of nitrogen functional groups attached to an aromatic ring is 1. The molecule has 2 heterocycles. The molecule has 0 saturated carbocycles. The monoisotopic (exact) mass is 281 g/mol. The maximum absolute atomic E-state index is 12.4. The average molecular weight is 281 g/mol. The van der Waals surface area contributed by atoms with E-state index in [-0.39, 0.29) is 24.4 Å². The number of nitrogens with zero attached hydrogens (tertiary/aromatic N) is 2. The van der Waals surface area contributed by atoms with Crippen LogP contribution in [0, 0.1) is 0 Å². The molecule has 0 aliphatic carbocycles. The van der Waals surface area contributed by atoms with Gasteiger partial charge in [-0.25, -0.2) is 0 Å². The van der Waals surface area contributed by atoms with Gasteiger partial charge in [0, 0.05) is 26.3 Å². The number of ether oxygens (including phenoxy) is 2. The standard InChI is InChI=1S/C13H19N3O4/c1-15-7-9(14)5-11(15)13(18)16-3-4-20-10(8-16)6-12(17)19-2/h5,7,10H,3-4,6,8,14H2,1-2H3. The highest BCUT2D eigenvalue weighted by Crippen LogP contribution is 2.15. The first-order valence-corrected chi connectivity index (χ1v) is 6.40. The summed E-state index contributed by atoms with van der Waals surface area (Å²) in [6.45, 7) is 1.29. The highest BCUT2D eigenvalue weighted by Gasteiger charge is 2.28. The van der Waals surface area contributed by atoms with E-state index in [1.54, 1.807) is 28.8 Å². The van der Waals surface area contributed by atoms with Crippen molar-refractivity contribution in [3.05, 3.63) is 18.0 Å². The van der Waals surface area contributed by atoms with Crippen molar-refractivity contribution in [3.63, 3.8) is 0 Å². The fraction of sp³-hybridized carbons (Fsp3) is 0.538. The molecule has 1 amide bonds. The van der Waals surface area contributed by atoms with Gasteiger partial charge in [-0.2, -0.15) is 0 Å². The number of anilines is 1. The van der Waals surface area contributed by atoms with Crippen molar-refractivity contribution in [1.82, 2.24) is 9.47 Å². The second-order valence-corrected chi connectivity index (χ2v) is 4.79. The normalized spacial score (nSPS) is 18.9. The van der Waals surface area contributed by atoms with Crippen LogP contribution in [0.15, 0.2) is 12.3 Å². The minimum absolute atomic E-state index is 0.109. The lowest BCUT2D eigenvalue weighted by Gasteiger charge is -2.32. The van der Waals surface area contributed by atoms with Crippen LogP contribution in [-0.2, 0) is 21.3 Å². The second kappa shape index (κ2) is 5.96. The Balaban J connectivity index is 2.03. The van der Waals surface area contributed by atoms with Gasteiger partial charge in [0.2, 0.25) is 0 Å². The van der Waals surface area contributed by atoms with E-state index in [9.17, 15) is 9.59 Å². The van der Waals surface area contributed by atoms with E-state index in [1.165, 1.54) is 7.11 Å². The summed E-state index contributed by atoms with van der Waals surface area (Å²) in [5.41, 5.74) is 6.76. The molecule has 7 heteroatoms. The Morgan fingerprint density at radius 1 is 1.55 bits per heavy atom. The molecule has 1 saturated heterocycles. The Morgan fingerprint density at radius 2 is 2.30 bits per heavy atom. The number of carbonyl (C=O) groups excluding carboxylic acids is 2. The van der Waals surface area contributed by atoms with E-state index in [2.05, 4.69) is 4.74 Å². The van der Waals surface area contributed by atoms with Crippen molar-refractivity contribution in [1.29, 1.82) is 0 Å². The Morgan fingerprint density at radius 3 is 2.90 bits per heavy atom. The molecule has 0 spiro atoms. The van der Waals surface area contributed by atoms with E-state index in [0.29, 0.717) is 31.1 Å². The molecule has 1 aromatic heterocycles. The predicted octanol–water partition coefficient (Wildman–Crippen LogP) is 0.0114. The molecule has 0 radical (unpaired) electrons. The number of aryl methyl sites for hydroxylation is 1. The number of esters is 1. The summed E-state index contributed by atoms with van der Waals surface area (Å²) >= 11 is 0. The molecule has 1 aliphatic rings. The number of hydrogen-bond donors (Lipinski definition) is 1. The number of amides is 1. The molecule has 20 heavy (non-hydrogen) atoms. The number of morpholine rings is 1. The summed E-state index contributed by atoms with van der Waals surface area (Å²) in [7, 11) is 3.11. The summed E-state index contributed by atoms with van der Waals surface area (Å²) in [6, 6.07) is 1.65. The molecule has 0 bridgehead atoms. The van der Waals surface area contributed by atoms with Crippen LogP contribution in [0.5, 0.6) is 0 Å². The molecule has 0 aromatic carbocycles. The minimum atomic E-state index is -0.340. The number of hydrogen-bond acceptors (Lipinski definition) is 5. The smallest absolute Gasteiger partial charge is 0.308 e. The van der Waals surface area contributed by atoms with Crippen molar-refractivity contribution in [3.8, 4) is 0 Å². The third-order valence-corrected chi connectivity index (χ3v) is 3.29. The van der Waals surface area contributed by atoms with Crippen LogP contribution in [0.3, 0.4) is 0 Å². The highest BCUT2D eigenvalue weighted by molar-refractivity contribution is 5.94. The summed E-state index contributed by atoms with van der Waals surface area (Å²) in [4.78, 5) is 25.3. The highest BCUT2D eigenvalue weighted by atomic mass is 16.5. The third-order valence-electron chi connectivity index (χ3n) is 3.29. The lowest BCUT2D eigenvalue weighted by Crippen LogP contribution is -2.46. The summed E-state index contributed by atoms with van der Waals surface area (Å²) < 4.78 is 11.8. The van der Waals surface area contributed by atoms with Gasteiger partial charge in [0.05, 0.1) is 31.9 Å². The van der Waals surface area contributed by atoms with Crippen LogP contribution in [0.25, 0.3) is 0 Å². The minimum Gasteiger partial charge on any atom is -0.469 e. The molecule has 7 nitrogen and oxygen atoms in total. The first-order chi connectivity index (χ1) is 9.51. The second-order valence-electron chi connectivity index (χ2n) is 4.79. The van der Waals surface area contributed by atoms with Gasteiger partial charge in [0.15, 0.2) is 0 Å². The summed E-state index contributed by atoms with van der Waals surface area (Å²) in [6.07, 6.45) is 1.52. The molecule has 1 atom stereocenters. The van der Waals surface area contributed by atoms with Gasteiger partial charge in [-0.3, -0.25) is 9.59 Å². The Bertz CT molecular complexity index is 512. The fourth-order valence-corrected chi connectivity index (χ4v) is 2.26. The molecule has 2 N–H and O–H groups in total. The van der Waals surface area contributed by atoms with Gasteiger partial charge in [-0.05, 0) is 6.07 Å². The van der Waals surface area contributed by atoms with Crippen molar-refractivity contribution in [2.24, 2.45) is 7.05 Å². The van der Waals surface area contributed by atoms with Gasteiger partial charge in [0.25, 0.3) is 5.91 Å². The van der Waals surface area contributed by atoms with Gasteiger partial charge >= 0.3 is 5.97 Å². The maximum Gasteiger partial charge on any atom is 0.308 e. The van der Waals surface area contributed by atoms with E-state index in [1.807, 2.05) is 0 Å². The molecule has 1 unspecified atom stereocenters. The summed E-state index contributed by atoms with van der Waals surface area (Å²) in [5.74, 6) is -0.449. The lowest BCUT2D eigenvalue weighted by atomic mass is 10.2. The van der Waals surface area contributed by atoms with Gasteiger partial charge in [-0.1, -0.05) is 0 Å². The first kappa shape index (κ1) is 14.4. The van der Waals surface area contributed by atoms with Crippen molar-refractivity contribution < 1.29 is 19.1 Å². The van der Waals surface area contributed by atoms with Crippen LogP contribution in [-0.4, -0.2) is 54.3 Å². The van der Waals surface area contributed by atoms with Gasteiger partial charge < -0.3 is 24.7 Å². The van der Waals surface area contributed by atoms with E-state index < -0.39 is 0 Å². The summed E-state index contributed by atoms with van der Waals surface area (Å²) in [5, 5.41) is 0. The molecule has 1 aromatic rings. The van der Waals surface area contributed by atoms with Crippen LogP contribution < -0.4 is 5.73 Å². The SMILES string of the molecule is COC(=O)CC1CN(C(=O)c2cc(N)cn2C)CCO1. The number of aromatic nitrogens is 1.